The number of H-pyrrole nitrogens is 1. The van der Waals surface area contributed by atoms with Crippen molar-refractivity contribution in [2.75, 3.05) is 7.11 Å². The van der Waals surface area contributed by atoms with Gasteiger partial charge in [0.15, 0.2) is 0 Å². The normalized spacial score (nSPS) is 10.4. The maximum Gasteiger partial charge on any atom is 0.337 e. The summed E-state index contributed by atoms with van der Waals surface area (Å²) < 4.78 is 9.76. The van der Waals surface area contributed by atoms with E-state index in [-0.39, 0.29) is 5.97 Å². The zero-order valence-corrected chi connectivity index (χ0v) is 10.8. The first-order valence-electron chi connectivity index (χ1n) is 6.04. The molecule has 0 fully saturated rings. The fraction of sp³-hybridized carbons (Fsp3) is 0.0667. The van der Waals surface area contributed by atoms with E-state index in [0.717, 1.165) is 22.5 Å². The average Bonchev–Trinajstić information content (AvgIpc) is 3.16. The fourth-order valence-corrected chi connectivity index (χ4v) is 2.02. The molecule has 1 N–H and O–H groups in total. The Labute approximate surface area is 115 Å². The van der Waals surface area contributed by atoms with Crippen LogP contribution in [0.3, 0.4) is 0 Å². The summed E-state index contributed by atoms with van der Waals surface area (Å²) in [5.74, 6) is -0.351. The SMILES string of the molecule is COC(=O)c1ccc(-c2[nH]cnc2-c2ccoc2)cc1. The van der Waals surface area contributed by atoms with Gasteiger partial charge in [0.05, 0.1) is 42.9 Å². The number of rotatable bonds is 3. The van der Waals surface area contributed by atoms with Crippen LogP contribution in [0.5, 0.6) is 0 Å². The molecule has 0 spiro atoms. The highest BCUT2D eigenvalue weighted by atomic mass is 16.5. The number of carbonyl (C=O) groups is 1. The number of aromatic nitrogens is 2. The number of imidazole rings is 1. The number of hydrogen-bond acceptors (Lipinski definition) is 4. The molecule has 3 rings (SSSR count). The van der Waals surface area contributed by atoms with Gasteiger partial charge in [-0.1, -0.05) is 12.1 Å². The van der Waals surface area contributed by atoms with E-state index in [9.17, 15) is 4.79 Å². The quantitative estimate of drug-likeness (QED) is 0.741. The van der Waals surface area contributed by atoms with Gasteiger partial charge in [0, 0.05) is 11.1 Å². The maximum atomic E-state index is 11.4. The maximum absolute atomic E-state index is 11.4. The van der Waals surface area contributed by atoms with Crippen molar-refractivity contribution >= 4 is 5.97 Å². The Kier molecular flexibility index (Phi) is 3.09. The minimum absolute atomic E-state index is 0.351. The molecule has 2 heterocycles. The fourth-order valence-electron chi connectivity index (χ4n) is 2.02. The van der Waals surface area contributed by atoms with Crippen LogP contribution in [0, 0.1) is 0 Å². The van der Waals surface area contributed by atoms with Crippen LogP contribution in [0.2, 0.25) is 0 Å². The second kappa shape index (κ2) is 5.05. The predicted molar refractivity (Wildman–Crippen MR) is 73.1 cm³/mol. The van der Waals surface area contributed by atoms with Gasteiger partial charge in [0.25, 0.3) is 0 Å². The zero-order chi connectivity index (χ0) is 13.9. The minimum atomic E-state index is -0.351. The molecule has 3 aromatic rings. The van der Waals surface area contributed by atoms with Gasteiger partial charge < -0.3 is 14.1 Å². The summed E-state index contributed by atoms with van der Waals surface area (Å²) in [4.78, 5) is 18.8. The summed E-state index contributed by atoms with van der Waals surface area (Å²) >= 11 is 0. The summed E-state index contributed by atoms with van der Waals surface area (Å²) in [5.41, 5.74) is 4.04. The number of nitrogens with one attached hydrogen (secondary N) is 1. The summed E-state index contributed by atoms with van der Waals surface area (Å²) in [6.07, 6.45) is 4.88. The van der Waals surface area contributed by atoms with Gasteiger partial charge in [-0.25, -0.2) is 9.78 Å². The molecule has 0 aliphatic carbocycles. The molecular weight excluding hydrogens is 256 g/mol. The molecule has 5 heteroatoms. The predicted octanol–water partition coefficient (Wildman–Crippen LogP) is 3.12. The van der Waals surface area contributed by atoms with E-state index in [1.165, 1.54) is 7.11 Å². The van der Waals surface area contributed by atoms with Gasteiger partial charge in [0.2, 0.25) is 0 Å². The summed E-state index contributed by atoms with van der Waals surface area (Å²) in [5, 5.41) is 0. The average molecular weight is 268 g/mol. The van der Waals surface area contributed by atoms with Crippen LogP contribution in [0.15, 0.2) is 53.6 Å². The van der Waals surface area contributed by atoms with Crippen molar-refractivity contribution in [3.8, 4) is 22.5 Å². The number of nitrogens with zero attached hydrogens (tertiary/aromatic N) is 1. The zero-order valence-electron chi connectivity index (χ0n) is 10.8. The molecule has 2 aromatic heterocycles. The van der Waals surface area contributed by atoms with Gasteiger partial charge in [0.1, 0.15) is 0 Å². The first kappa shape index (κ1) is 12.2. The lowest BCUT2D eigenvalue weighted by atomic mass is 10.1. The van der Waals surface area contributed by atoms with Gasteiger partial charge in [-0.05, 0) is 18.2 Å². The van der Waals surface area contributed by atoms with E-state index in [1.54, 1.807) is 31.0 Å². The first-order chi connectivity index (χ1) is 9.79. The largest absolute Gasteiger partial charge is 0.472 e. The lowest BCUT2D eigenvalue weighted by Crippen LogP contribution is -2.00. The van der Waals surface area contributed by atoms with Crippen LogP contribution in [-0.2, 0) is 4.74 Å². The van der Waals surface area contributed by atoms with Crippen LogP contribution in [0.1, 0.15) is 10.4 Å². The highest BCUT2D eigenvalue weighted by Gasteiger charge is 2.12. The number of furan rings is 1. The van der Waals surface area contributed by atoms with Crippen molar-refractivity contribution < 1.29 is 13.9 Å². The summed E-state index contributed by atoms with van der Waals surface area (Å²) in [6.45, 7) is 0. The van der Waals surface area contributed by atoms with Crippen LogP contribution < -0.4 is 0 Å². The van der Waals surface area contributed by atoms with Gasteiger partial charge >= 0.3 is 5.97 Å². The number of aromatic amines is 1. The molecule has 0 amide bonds. The van der Waals surface area contributed by atoms with Gasteiger partial charge in [-0.3, -0.25) is 0 Å². The third kappa shape index (κ3) is 2.09. The van der Waals surface area contributed by atoms with Crippen LogP contribution >= 0.6 is 0 Å². The number of hydrogen-bond donors (Lipinski definition) is 1. The smallest absolute Gasteiger partial charge is 0.337 e. The van der Waals surface area contributed by atoms with E-state index in [4.69, 9.17) is 4.42 Å². The standard InChI is InChI=1S/C15H12N2O3/c1-19-15(18)11-4-2-10(3-5-11)13-14(17-9-16-13)12-6-7-20-8-12/h2-9H,1H3,(H,16,17). The summed E-state index contributed by atoms with van der Waals surface area (Å²) in [6, 6.07) is 9.00. The second-order valence-electron chi connectivity index (χ2n) is 4.21. The molecule has 5 nitrogen and oxygen atoms in total. The molecular formula is C15H12N2O3. The van der Waals surface area contributed by atoms with E-state index in [2.05, 4.69) is 14.7 Å². The van der Waals surface area contributed by atoms with E-state index >= 15 is 0 Å². The number of esters is 1. The van der Waals surface area contributed by atoms with Crippen LogP contribution in [0.4, 0.5) is 0 Å². The van der Waals surface area contributed by atoms with Crippen LogP contribution in [-0.4, -0.2) is 23.0 Å². The van der Waals surface area contributed by atoms with Crippen molar-refractivity contribution in [2.24, 2.45) is 0 Å². The third-order valence-corrected chi connectivity index (χ3v) is 3.03. The number of benzene rings is 1. The molecule has 0 radical (unpaired) electrons. The van der Waals surface area contributed by atoms with Crippen molar-refractivity contribution in [3.63, 3.8) is 0 Å². The Hall–Kier alpha value is -2.82. The van der Waals surface area contributed by atoms with Crippen LogP contribution in [0.25, 0.3) is 22.5 Å². The highest BCUT2D eigenvalue weighted by Crippen LogP contribution is 2.29. The van der Waals surface area contributed by atoms with Crippen molar-refractivity contribution in [2.45, 2.75) is 0 Å². The van der Waals surface area contributed by atoms with Gasteiger partial charge in [-0.15, -0.1) is 0 Å². The molecule has 20 heavy (non-hydrogen) atoms. The van der Waals surface area contributed by atoms with Crippen molar-refractivity contribution in [1.29, 1.82) is 0 Å². The molecule has 0 saturated carbocycles. The second-order valence-corrected chi connectivity index (χ2v) is 4.21. The molecule has 0 aliphatic heterocycles. The van der Waals surface area contributed by atoms with Crippen molar-refractivity contribution in [3.05, 3.63) is 54.7 Å². The molecule has 1 aromatic carbocycles. The molecule has 100 valence electrons. The highest BCUT2D eigenvalue weighted by molar-refractivity contribution is 5.90. The lowest BCUT2D eigenvalue weighted by Gasteiger charge is -2.03. The van der Waals surface area contributed by atoms with Gasteiger partial charge in [-0.2, -0.15) is 0 Å². The molecule has 0 bridgehead atoms. The van der Waals surface area contributed by atoms with E-state index < -0.39 is 0 Å². The topological polar surface area (TPSA) is 68.1 Å². The van der Waals surface area contributed by atoms with Crippen molar-refractivity contribution in [1.82, 2.24) is 9.97 Å². The molecule has 0 unspecified atom stereocenters. The van der Waals surface area contributed by atoms with E-state index in [1.807, 2.05) is 18.2 Å². The number of carbonyl (C=O) groups excluding carboxylic acids is 1. The lowest BCUT2D eigenvalue weighted by molar-refractivity contribution is 0.0601. The summed E-state index contributed by atoms with van der Waals surface area (Å²) in [7, 11) is 1.36. The Morgan fingerprint density at radius 2 is 2.00 bits per heavy atom. The first-order valence-corrected chi connectivity index (χ1v) is 6.04. The molecule has 0 aliphatic rings. The Balaban J connectivity index is 1.98. The third-order valence-electron chi connectivity index (χ3n) is 3.03. The monoisotopic (exact) mass is 268 g/mol. The molecule has 0 saturated heterocycles. The number of methoxy groups -OCH3 is 1. The Morgan fingerprint density at radius 1 is 1.20 bits per heavy atom. The Bertz CT molecular complexity index is 712. The minimum Gasteiger partial charge on any atom is -0.472 e. The van der Waals surface area contributed by atoms with E-state index in [0.29, 0.717) is 5.56 Å². The Morgan fingerprint density at radius 3 is 2.65 bits per heavy atom. The molecule has 0 atom stereocenters. The number of ether oxygens (including phenoxy) is 1.